The fourth-order valence-corrected chi connectivity index (χ4v) is 2.98. The van der Waals surface area contributed by atoms with Gasteiger partial charge in [0.05, 0.1) is 4.92 Å². The molecule has 2 aromatic rings. The summed E-state index contributed by atoms with van der Waals surface area (Å²) < 4.78 is 0. The van der Waals surface area contributed by atoms with Gasteiger partial charge in [-0.05, 0) is 24.3 Å². The van der Waals surface area contributed by atoms with Gasteiger partial charge in [0.1, 0.15) is 5.69 Å². The predicted molar refractivity (Wildman–Crippen MR) is 99.8 cm³/mol. The lowest BCUT2D eigenvalue weighted by Gasteiger charge is -2.35. The van der Waals surface area contributed by atoms with E-state index in [1.165, 1.54) is 13.0 Å². The Balaban J connectivity index is 1.80. The number of nitro benzene ring substituents is 1. The van der Waals surface area contributed by atoms with Crippen molar-refractivity contribution in [1.29, 1.82) is 0 Å². The third kappa shape index (κ3) is 4.20. The summed E-state index contributed by atoms with van der Waals surface area (Å²) in [6, 6.07) is 7.70. The molecule has 0 spiro atoms. The van der Waals surface area contributed by atoms with Gasteiger partial charge in [0.15, 0.2) is 0 Å². The average molecular weight is 369 g/mol. The summed E-state index contributed by atoms with van der Waals surface area (Å²) in [5.41, 5.74) is 1.07. The van der Waals surface area contributed by atoms with Crippen LogP contribution in [0.5, 0.6) is 0 Å². The van der Waals surface area contributed by atoms with Crippen LogP contribution in [0.3, 0.4) is 0 Å². The van der Waals surface area contributed by atoms with Crippen molar-refractivity contribution in [3.8, 4) is 0 Å². The summed E-state index contributed by atoms with van der Waals surface area (Å²) in [4.78, 5) is 42.3. The normalized spacial score (nSPS) is 14.0. The van der Waals surface area contributed by atoms with Gasteiger partial charge in [-0.3, -0.25) is 24.7 Å². The van der Waals surface area contributed by atoms with Crippen LogP contribution in [0.25, 0.3) is 0 Å². The Labute approximate surface area is 155 Å². The number of nitrogens with zero attached hydrogens (tertiary/aromatic N) is 4. The van der Waals surface area contributed by atoms with E-state index < -0.39 is 10.8 Å². The number of amides is 2. The maximum absolute atomic E-state index is 12.4. The van der Waals surface area contributed by atoms with Crippen LogP contribution >= 0.6 is 0 Å². The highest BCUT2D eigenvalue weighted by Crippen LogP contribution is 2.30. The van der Waals surface area contributed by atoms with Gasteiger partial charge in [0.2, 0.25) is 5.91 Å². The second-order valence-corrected chi connectivity index (χ2v) is 6.14. The SMILES string of the molecule is CC(=O)N1CCN(c2ccc(C(=O)Nc3ccncc3)cc2[N+](=O)[O-])CC1. The Morgan fingerprint density at radius 2 is 1.78 bits per heavy atom. The first-order valence-electron chi connectivity index (χ1n) is 8.46. The topological polar surface area (TPSA) is 109 Å². The Kier molecular flexibility index (Phi) is 5.30. The number of nitrogens with one attached hydrogen (secondary N) is 1. The van der Waals surface area contributed by atoms with Crippen molar-refractivity contribution in [2.45, 2.75) is 6.92 Å². The summed E-state index contributed by atoms with van der Waals surface area (Å²) in [7, 11) is 0. The molecule has 1 aliphatic rings. The van der Waals surface area contributed by atoms with Gasteiger partial charge in [0.25, 0.3) is 11.6 Å². The van der Waals surface area contributed by atoms with E-state index in [9.17, 15) is 19.7 Å². The van der Waals surface area contributed by atoms with Crippen LogP contribution in [0.2, 0.25) is 0 Å². The molecule has 0 saturated carbocycles. The number of anilines is 2. The second kappa shape index (κ2) is 7.81. The number of nitro groups is 1. The molecule has 1 aliphatic heterocycles. The molecule has 0 aliphatic carbocycles. The molecular weight excluding hydrogens is 350 g/mol. The molecule has 140 valence electrons. The fraction of sp³-hybridized carbons (Fsp3) is 0.278. The van der Waals surface area contributed by atoms with Crippen molar-refractivity contribution in [3.05, 3.63) is 58.4 Å². The quantitative estimate of drug-likeness (QED) is 0.651. The molecule has 27 heavy (non-hydrogen) atoms. The van der Waals surface area contributed by atoms with Gasteiger partial charge < -0.3 is 15.1 Å². The number of benzene rings is 1. The Morgan fingerprint density at radius 3 is 2.37 bits per heavy atom. The molecule has 1 aromatic carbocycles. The van der Waals surface area contributed by atoms with Crippen molar-refractivity contribution in [3.63, 3.8) is 0 Å². The van der Waals surface area contributed by atoms with Crippen LogP contribution in [0.4, 0.5) is 17.1 Å². The highest BCUT2D eigenvalue weighted by atomic mass is 16.6. The second-order valence-electron chi connectivity index (χ2n) is 6.14. The number of carbonyl (C=O) groups excluding carboxylic acids is 2. The van der Waals surface area contributed by atoms with Crippen LogP contribution in [0, 0.1) is 10.1 Å². The smallest absolute Gasteiger partial charge is 0.293 e. The maximum Gasteiger partial charge on any atom is 0.293 e. The van der Waals surface area contributed by atoms with Crippen molar-refractivity contribution in [2.75, 3.05) is 36.4 Å². The highest BCUT2D eigenvalue weighted by molar-refractivity contribution is 6.05. The average Bonchev–Trinajstić information content (AvgIpc) is 2.68. The standard InChI is InChI=1S/C18H19N5O4/c1-13(24)21-8-10-22(11-9-21)16-3-2-14(12-17(16)23(26)27)18(25)20-15-4-6-19-7-5-15/h2-7,12H,8-11H2,1H3,(H,19,20,25). The molecule has 1 N–H and O–H groups in total. The van der Waals surface area contributed by atoms with Crippen LogP contribution in [-0.4, -0.2) is 52.8 Å². The zero-order valence-electron chi connectivity index (χ0n) is 14.8. The van der Waals surface area contributed by atoms with Crippen molar-refractivity contribution in [2.24, 2.45) is 0 Å². The molecule has 0 radical (unpaired) electrons. The third-order valence-electron chi connectivity index (χ3n) is 4.44. The zero-order valence-corrected chi connectivity index (χ0v) is 14.8. The number of pyridine rings is 1. The minimum absolute atomic E-state index is 0.00715. The molecule has 2 amide bonds. The monoisotopic (exact) mass is 369 g/mol. The van der Waals surface area contributed by atoms with Crippen LogP contribution in [0.15, 0.2) is 42.7 Å². The zero-order chi connectivity index (χ0) is 19.4. The van der Waals surface area contributed by atoms with E-state index in [0.717, 1.165) is 0 Å². The number of rotatable bonds is 4. The molecule has 1 aromatic heterocycles. The molecule has 0 atom stereocenters. The van der Waals surface area contributed by atoms with Gasteiger partial charge in [-0.2, -0.15) is 0 Å². The van der Waals surface area contributed by atoms with Gasteiger partial charge in [-0.25, -0.2) is 0 Å². The number of hydrogen-bond acceptors (Lipinski definition) is 6. The lowest BCUT2D eigenvalue weighted by atomic mass is 10.1. The minimum Gasteiger partial charge on any atom is -0.362 e. The predicted octanol–water partition coefficient (Wildman–Crippen LogP) is 1.91. The molecule has 9 heteroatoms. The van der Waals surface area contributed by atoms with Gasteiger partial charge in [0, 0.05) is 62.8 Å². The van der Waals surface area contributed by atoms with Crippen LogP contribution in [0.1, 0.15) is 17.3 Å². The first kappa shape index (κ1) is 18.3. The summed E-state index contributed by atoms with van der Waals surface area (Å²) in [6.45, 7) is 3.54. The number of piperazine rings is 1. The molecule has 1 saturated heterocycles. The minimum atomic E-state index is -0.490. The van der Waals surface area contributed by atoms with Crippen molar-refractivity contribution in [1.82, 2.24) is 9.88 Å². The Bertz CT molecular complexity index is 863. The van der Waals surface area contributed by atoms with E-state index in [4.69, 9.17) is 0 Å². The maximum atomic E-state index is 12.4. The van der Waals surface area contributed by atoms with E-state index >= 15 is 0 Å². The van der Waals surface area contributed by atoms with E-state index in [1.54, 1.807) is 41.6 Å². The van der Waals surface area contributed by atoms with E-state index in [1.807, 2.05) is 4.90 Å². The molecule has 2 heterocycles. The lowest BCUT2D eigenvalue weighted by molar-refractivity contribution is -0.384. The fourth-order valence-electron chi connectivity index (χ4n) is 2.98. The lowest BCUT2D eigenvalue weighted by Crippen LogP contribution is -2.48. The largest absolute Gasteiger partial charge is 0.362 e. The molecule has 9 nitrogen and oxygen atoms in total. The number of aromatic nitrogens is 1. The summed E-state index contributed by atoms with van der Waals surface area (Å²) in [6.07, 6.45) is 3.09. The van der Waals surface area contributed by atoms with Gasteiger partial charge >= 0.3 is 0 Å². The van der Waals surface area contributed by atoms with E-state index in [0.29, 0.717) is 37.6 Å². The van der Waals surface area contributed by atoms with Gasteiger partial charge in [-0.15, -0.1) is 0 Å². The molecule has 3 rings (SSSR count). The molecule has 1 fully saturated rings. The number of carbonyl (C=O) groups is 2. The summed E-state index contributed by atoms with van der Waals surface area (Å²) in [5.74, 6) is -0.440. The first-order valence-corrected chi connectivity index (χ1v) is 8.46. The highest BCUT2D eigenvalue weighted by Gasteiger charge is 2.25. The van der Waals surface area contributed by atoms with Crippen molar-refractivity contribution >= 4 is 28.9 Å². The van der Waals surface area contributed by atoms with Crippen LogP contribution < -0.4 is 10.2 Å². The third-order valence-corrected chi connectivity index (χ3v) is 4.44. The van der Waals surface area contributed by atoms with Gasteiger partial charge in [-0.1, -0.05) is 0 Å². The Hall–Kier alpha value is -3.49. The van der Waals surface area contributed by atoms with Crippen LogP contribution in [-0.2, 0) is 4.79 Å². The first-order chi connectivity index (χ1) is 13.0. The van der Waals surface area contributed by atoms with E-state index in [2.05, 4.69) is 10.3 Å². The van der Waals surface area contributed by atoms with Crippen molar-refractivity contribution < 1.29 is 14.5 Å². The molecule has 0 bridgehead atoms. The molecule has 0 unspecified atom stereocenters. The Morgan fingerprint density at radius 1 is 1.11 bits per heavy atom. The summed E-state index contributed by atoms with van der Waals surface area (Å²) >= 11 is 0. The summed E-state index contributed by atoms with van der Waals surface area (Å²) in [5, 5.41) is 14.2. The van der Waals surface area contributed by atoms with E-state index in [-0.39, 0.29) is 17.2 Å². The molecular formula is C18H19N5O4. The number of hydrogen-bond donors (Lipinski definition) is 1.